The molecule has 4 nitrogen and oxygen atoms in total. The van der Waals surface area contributed by atoms with Crippen LogP contribution in [-0.2, 0) is 11.2 Å². The number of alkyl halides is 3. The number of hydrazine groups is 1. The highest BCUT2D eigenvalue weighted by atomic mass is 19.4. The first kappa shape index (κ1) is 16.7. The SMILES string of the molecule is CCOCCC(Cc1ccc(OC(F)(F)F)cc1)NN. The van der Waals surface area contributed by atoms with Crippen molar-refractivity contribution in [2.45, 2.75) is 32.2 Å². The minimum Gasteiger partial charge on any atom is -0.406 e. The molecule has 0 fully saturated rings. The van der Waals surface area contributed by atoms with Gasteiger partial charge in [0.1, 0.15) is 5.75 Å². The Morgan fingerprint density at radius 3 is 2.40 bits per heavy atom. The summed E-state index contributed by atoms with van der Waals surface area (Å²) < 4.78 is 45.1. The summed E-state index contributed by atoms with van der Waals surface area (Å²) in [7, 11) is 0. The molecule has 1 aromatic rings. The molecule has 0 radical (unpaired) electrons. The van der Waals surface area contributed by atoms with Crippen LogP contribution in [0.2, 0.25) is 0 Å². The van der Waals surface area contributed by atoms with Crippen molar-refractivity contribution < 1.29 is 22.6 Å². The zero-order chi connectivity index (χ0) is 15.0. The zero-order valence-corrected chi connectivity index (χ0v) is 11.2. The Hall–Kier alpha value is -1.31. The highest BCUT2D eigenvalue weighted by molar-refractivity contribution is 5.27. The highest BCUT2D eigenvalue weighted by Gasteiger charge is 2.30. The van der Waals surface area contributed by atoms with Crippen molar-refractivity contribution in [1.29, 1.82) is 0 Å². The Morgan fingerprint density at radius 1 is 1.25 bits per heavy atom. The molecule has 1 aromatic carbocycles. The van der Waals surface area contributed by atoms with Crippen molar-refractivity contribution in [2.75, 3.05) is 13.2 Å². The van der Waals surface area contributed by atoms with Gasteiger partial charge in [-0.3, -0.25) is 11.3 Å². The van der Waals surface area contributed by atoms with Gasteiger partial charge < -0.3 is 9.47 Å². The summed E-state index contributed by atoms with van der Waals surface area (Å²) in [6.45, 7) is 3.13. The average molecular weight is 292 g/mol. The number of halogens is 3. The highest BCUT2D eigenvalue weighted by Crippen LogP contribution is 2.23. The molecule has 0 heterocycles. The summed E-state index contributed by atoms with van der Waals surface area (Å²) in [6.07, 6.45) is -3.33. The van der Waals surface area contributed by atoms with Crippen LogP contribution in [0.5, 0.6) is 5.75 Å². The molecule has 114 valence electrons. The van der Waals surface area contributed by atoms with E-state index in [1.807, 2.05) is 6.92 Å². The maximum atomic E-state index is 12.0. The van der Waals surface area contributed by atoms with Crippen LogP contribution in [0.4, 0.5) is 13.2 Å². The number of hydrogen-bond donors (Lipinski definition) is 2. The summed E-state index contributed by atoms with van der Waals surface area (Å²) in [5.74, 6) is 5.21. The molecule has 0 saturated heterocycles. The minimum atomic E-state index is -4.67. The van der Waals surface area contributed by atoms with Crippen LogP contribution in [0.3, 0.4) is 0 Å². The second kappa shape index (κ2) is 8.08. The molecule has 20 heavy (non-hydrogen) atoms. The molecule has 0 aliphatic rings. The van der Waals surface area contributed by atoms with E-state index in [2.05, 4.69) is 10.2 Å². The number of hydrogen-bond acceptors (Lipinski definition) is 4. The fraction of sp³-hybridized carbons (Fsp3) is 0.538. The van der Waals surface area contributed by atoms with Crippen LogP contribution >= 0.6 is 0 Å². The van der Waals surface area contributed by atoms with Gasteiger partial charge >= 0.3 is 6.36 Å². The molecule has 0 aliphatic heterocycles. The second-order valence-corrected chi connectivity index (χ2v) is 4.25. The fourth-order valence-corrected chi connectivity index (χ4v) is 1.73. The lowest BCUT2D eigenvalue weighted by molar-refractivity contribution is -0.274. The van der Waals surface area contributed by atoms with Crippen LogP contribution in [0.25, 0.3) is 0 Å². The monoisotopic (exact) mass is 292 g/mol. The molecular weight excluding hydrogens is 273 g/mol. The summed E-state index contributed by atoms with van der Waals surface area (Å²) in [4.78, 5) is 0. The Labute approximate surface area is 116 Å². The number of benzene rings is 1. The zero-order valence-electron chi connectivity index (χ0n) is 11.2. The summed E-state index contributed by atoms with van der Waals surface area (Å²) >= 11 is 0. The normalized spacial score (nSPS) is 13.2. The Kier molecular flexibility index (Phi) is 6.77. The van der Waals surface area contributed by atoms with Gasteiger partial charge in [-0.25, -0.2) is 0 Å². The van der Waals surface area contributed by atoms with Crippen LogP contribution in [0.1, 0.15) is 18.9 Å². The summed E-state index contributed by atoms with van der Waals surface area (Å²) in [5, 5.41) is 0. The maximum absolute atomic E-state index is 12.0. The molecule has 0 aromatic heterocycles. The van der Waals surface area contributed by atoms with E-state index in [-0.39, 0.29) is 11.8 Å². The third-order valence-corrected chi connectivity index (χ3v) is 2.69. The van der Waals surface area contributed by atoms with Gasteiger partial charge in [-0.2, -0.15) is 0 Å². The van der Waals surface area contributed by atoms with Crippen molar-refractivity contribution in [3.63, 3.8) is 0 Å². The van der Waals surface area contributed by atoms with Gasteiger partial charge in [-0.1, -0.05) is 12.1 Å². The minimum absolute atomic E-state index is 0.0101. The predicted octanol–water partition coefficient (Wildman–Crippen LogP) is 2.39. The predicted molar refractivity (Wildman–Crippen MR) is 69.1 cm³/mol. The van der Waals surface area contributed by atoms with Gasteiger partial charge in [-0.05, 0) is 37.5 Å². The quantitative estimate of drug-likeness (QED) is 0.439. The molecule has 1 atom stereocenters. The molecule has 0 saturated carbocycles. The molecule has 3 N–H and O–H groups in total. The lowest BCUT2D eigenvalue weighted by Gasteiger charge is -2.16. The standard InChI is InChI=1S/C13H19F3N2O2/c1-2-19-8-7-11(18-17)9-10-3-5-12(6-4-10)20-13(14,15)16/h3-6,11,18H,2,7-9,17H2,1H3. The van der Waals surface area contributed by atoms with E-state index in [1.54, 1.807) is 12.1 Å². The van der Waals surface area contributed by atoms with E-state index in [9.17, 15) is 13.2 Å². The molecule has 0 spiro atoms. The lowest BCUT2D eigenvalue weighted by atomic mass is 10.0. The van der Waals surface area contributed by atoms with Gasteiger partial charge in [0.25, 0.3) is 0 Å². The van der Waals surface area contributed by atoms with E-state index in [1.165, 1.54) is 12.1 Å². The van der Waals surface area contributed by atoms with Crippen molar-refractivity contribution in [3.8, 4) is 5.75 Å². The van der Waals surface area contributed by atoms with Gasteiger partial charge in [0.15, 0.2) is 0 Å². The third kappa shape index (κ3) is 6.74. The first-order valence-electron chi connectivity index (χ1n) is 6.33. The fourth-order valence-electron chi connectivity index (χ4n) is 1.73. The topological polar surface area (TPSA) is 56.5 Å². The molecule has 1 rings (SSSR count). The number of nitrogens with one attached hydrogen (secondary N) is 1. The average Bonchev–Trinajstić information content (AvgIpc) is 2.38. The third-order valence-electron chi connectivity index (χ3n) is 2.69. The van der Waals surface area contributed by atoms with Crippen LogP contribution in [0.15, 0.2) is 24.3 Å². The van der Waals surface area contributed by atoms with E-state index in [0.717, 1.165) is 12.0 Å². The Bertz CT molecular complexity index is 382. The molecule has 0 bridgehead atoms. The number of nitrogens with two attached hydrogens (primary N) is 1. The molecular formula is C13H19F3N2O2. The van der Waals surface area contributed by atoms with Gasteiger partial charge in [0.2, 0.25) is 0 Å². The van der Waals surface area contributed by atoms with Crippen LogP contribution < -0.4 is 16.0 Å². The van der Waals surface area contributed by atoms with Crippen LogP contribution in [0, 0.1) is 0 Å². The largest absolute Gasteiger partial charge is 0.573 e. The first-order chi connectivity index (χ1) is 9.44. The van der Waals surface area contributed by atoms with E-state index in [0.29, 0.717) is 19.6 Å². The van der Waals surface area contributed by atoms with Crippen LogP contribution in [-0.4, -0.2) is 25.6 Å². The Morgan fingerprint density at radius 2 is 1.90 bits per heavy atom. The maximum Gasteiger partial charge on any atom is 0.573 e. The number of rotatable bonds is 8. The first-order valence-corrected chi connectivity index (χ1v) is 6.33. The van der Waals surface area contributed by atoms with Crippen molar-refractivity contribution >= 4 is 0 Å². The van der Waals surface area contributed by atoms with Crippen molar-refractivity contribution in [3.05, 3.63) is 29.8 Å². The van der Waals surface area contributed by atoms with Crippen molar-refractivity contribution in [2.24, 2.45) is 5.84 Å². The lowest BCUT2D eigenvalue weighted by Crippen LogP contribution is -2.37. The van der Waals surface area contributed by atoms with Gasteiger partial charge in [-0.15, -0.1) is 13.2 Å². The smallest absolute Gasteiger partial charge is 0.406 e. The molecule has 0 aliphatic carbocycles. The van der Waals surface area contributed by atoms with E-state index < -0.39 is 6.36 Å². The van der Waals surface area contributed by atoms with E-state index >= 15 is 0 Å². The summed E-state index contributed by atoms with van der Waals surface area (Å²) in [6, 6.07) is 5.77. The number of ether oxygens (including phenoxy) is 2. The molecule has 7 heteroatoms. The van der Waals surface area contributed by atoms with Gasteiger partial charge in [0.05, 0.1) is 0 Å². The van der Waals surface area contributed by atoms with Gasteiger partial charge in [0, 0.05) is 19.3 Å². The summed E-state index contributed by atoms with van der Waals surface area (Å²) in [5.41, 5.74) is 3.55. The molecule has 1 unspecified atom stereocenters. The van der Waals surface area contributed by atoms with Crippen molar-refractivity contribution in [1.82, 2.24) is 5.43 Å². The second-order valence-electron chi connectivity index (χ2n) is 4.25. The Balaban J connectivity index is 2.50. The molecule has 0 amide bonds. The van der Waals surface area contributed by atoms with E-state index in [4.69, 9.17) is 10.6 Å².